The fraction of sp³-hybridized carbons (Fsp3) is 0.611. The second kappa shape index (κ2) is 8.41. The van der Waals surface area contributed by atoms with Gasteiger partial charge in [0.1, 0.15) is 0 Å². The van der Waals surface area contributed by atoms with Crippen LogP contribution >= 0.6 is 23.4 Å². The third-order valence-electron chi connectivity index (χ3n) is 4.49. The first-order chi connectivity index (χ1) is 10.9. The Labute approximate surface area is 148 Å². The van der Waals surface area contributed by atoms with Gasteiger partial charge < -0.3 is 10.4 Å². The van der Waals surface area contributed by atoms with Gasteiger partial charge in [-0.05, 0) is 38.3 Å². The van der Waals surface area contributed by atoms with Crippen LogP contribution in [0.2, 0.25) is 5.02 Å². The maximum atomic E-state index is 12.5. The fourth-order valence-electron chi connectivity index (χ4n) is 2.80. The highest BCUT2D eigenvalue weighted by molar-refractivity contribution is 8.00. The number of carbonyl (C=O) groups is 1. The van der Waals surface area contributed by atoms with Crippen LogP contribution in [0.5, 0.6) is 0 Å². The van der Waals surface area contributed by atoms with Gasteiger partial charge in [-0.3, -0.25) is 4.79 Å². The molecule has 2 rings (SSSR count). The van der Waals surface area contributed by atoms with Crippen LogP contribution in [0, 0.1) is 5.92 Å². The fourth-order valence-corrected chi connectivity index (χ4v) is 4.06. The van der Waals surface area contributed by atoms with Gasteiger partial charge in [-0.2, -0.15) is 0 Å². The summed E-state index contributed by atoms with van der Waals surface area (Å²) in [6, 6.07) is 7.72. The van der Waals surface area contributed by atoms with Crippen LogP contribution in [-0.2, 0) is 10.5 Å². The molecule has 1 aromatic carbocycles. The predicted molar refractivity (Wildman–Crippen MR) is 97.8 cm³/mol. The molecule has 0 saturated heterocycles. The summed E-state index contributed by atoms with van der Waals surface area (Å²) < 4.78 is -0.529. The molecule has 2 atom stereocenters. The predicted octanol–water partition coefficient (Wildman–Crippen LogP) is 4.02. The first kappa shape index (κ1) is 18.6. The Morgan fingerprint density at radius 2 is 2.04 bits per heavy atom. The van der Waals surface area contributed by atoms with Crippen molar-refractivity contribution in [1.29, 1.82) is 0 Å². The van der Waals surface area contributed by atoms with Gasteiger partial charge in [0.2, 0.25) is 5.91 Å². The lowest BCUT2D eigenvalue weighted by Crippen LogP contribution is -2.44. The number of carbonyl (C=O) groups excluding carboxylic acids is 1. The summed E-state index contributed by atoms with van der Waals surface area (Å²) >= 11 is 7.75. The molecule has 128 valence electrons. The smallest absolute Gasteiger partial charge is 0.235 e. The Balaban J connectivity index is 1.83. The Hall–Kier alpha value is -0.710. The van der Waals surface area contributed by atoms with Crippen LogP contribution < -0.4 is 5.32 Å². The number of thioether (sulfide) groups is 1. The molecule has 0 unspecified atom stereocenters. The second-order valence-electron chi connectivity index (χ2n) is 6.71. The van der Waals surface area contributed by atoms with Crippen molar-refractivity contribution in [1.82, 2.24) is 5.32 Å². The maximum absolute atomic E-state index is 12.5. The zero-order valence-electron chi connectivity index (χ0n) is 13.8. The number of nitrogens with one attached hydrogen (secondary N) is 1. The molecule has 3 nitrogen and oxygen atoms in total. The summed E-state index contributed by atoms with van der Waals surface area (Å²) in [4.78, 5) is 12.5. The summed E-state index contributed by atoms with van der Waals surface area (Å²) in [5.41, 5.74) is 1.04. The van der Waals surface area contributed by atoms with E-state index >= 15 is 0 Å². The quantitative estimate of drug-likeness (QED) is 0.810. The van der Waals surface area contributed by atoms with E-state index in [1.807, 2.05) is 38.1 Å². The van der Waals surface area contributed by atoms with Gasteiger partial charge in [0.25, 0.3) is 0 Å². The van der Waals surface area contributed by atoms with Crippen molar-refractivity contribution in [3.05, 3.63) is 34.9 Å². The minimum atomic E-state index is -0.529. The molecule has 1 fully saturated rings. The van der Waals surface area contributed by atoms with E-state index < -0.39 is 4.75 Å². The van der Waals surface area contributed by atoms with Gasteiger partial charge >= 0.3 is 0 Å². The Morgan fingerprint density at radius 1 is 1.35 bits per heavy atom. The van der Waals surface area contributed by atoms with Crippen LogP contribution in [0.25, 0.3) is 0 Å². The summed E-state index contributed by atoms with van der Waals surface area (Å²) in [7, 11) is 0. The summed E-state index contributed by atoms with van der Waals surface area (Å²) in [5, 5.41) is 13.8. The Morgan fingerprint density at radius 3 is 2.74 bits per heavy atom. The molecule has 23 heavy (non-hydrogen) atoms. The minimum absolute atomic E-state index is 0.0207. The molecule has 0 radical (unpaired) electrons. The molecular formula is C18H26ClNO2S. The molecule has 5 heteroatoms. The first-order valence-electron chi connectivity index (χ1n) is 8.24. The van der Waals surface area contributed by atoms with E-state index in [0.29, 0.717) is 12.3 Å². The maximum Gasteiger partial charge on any atom is 0.235 e. The highest BCUT2D eigenvalue weighted by Crippen LogP contribution is 2.31. The summed E-state index contributed by atoms with van der Waals surface area (Å²) in [6.45, 7) is 4.43. The summed E-state index contributed by atoms with van der Waals surface area (Å²) in [6.07, 6.45) is 3.80. The molecule has 1 saturated carbocycles. The van der Waals surface area contributed by atoms with Gasteiger partial charge in [0.05, 0.1) is 10.9 Å². The van der Waals surface area contributed by atoms with Crippen molar-refractivity contribution in [2.75, 3.05) is 6.54 Å². The molecule has 0 aliphatic heterocycles. The van der Waals surface area contributed by atoms with Crippen molar-refractivity contribution in [2.45, 2.75) is 56.1 Å². The molecule has 2 N–H and O–H groups in total. The van der Waals surface area contributed by atoms with Gasteiger partial charge in [-0.1, -0.05) is 42.6 Å². The van der Waals surface area contributed by atoms with E-state index in [0.717, 1.165) is 36.3 Å². The third-order valence-corrected chi connectivity index (χ3v) is 6.22. The number of hydrogen-bond acceptors (Lipinski definition) is 3. The highest BCUT2D eigenvalue weighted by atomic mass is 35.5. The summed E-state index contributed by atoms with van der Waals surface area (Å²) in [5.74, 6) is 0.913. The molecular weight excluding hydrogens is 330 g/mol. The standard InChI is InChI=1S/C18H26ClNO2S/c1-18(2,23-12-14-8-3-5-9-15(14)19)17(22)20-11-13-7-4-6-10-16(13)21/h3,5,8-9,13,16,21H,4,6-7,10-12H2,1-2H3,(H,20,22)/t13-,16+/m0/s1. The molecule has 1 amide bonds. The molecule has 0 aromatic heterocycles. The van der Waals surface area contributed by atoms with Crippen molar-refractivity contribution >= 4 is 29.3 Å². The molecule has 1 aromatic rings. The van der Waals surface area contributed by atoms with Gasteiger partial charge in [0.15, 0.2) is 0 Å². The van der Waals surface area contributed by atoms with Crippen LogP contribution in [-0.4, -0.2) is 28.4 Å². The number of aliphatic hydroxyl groups excluding tert-OH is 1. The van der Waals surface area contributed by atoms with E-state index in [-0.39, 0.29) is 17.9 Å². The van der Waals surface area contributed by atoms with E-state index in [4.69, 9.17) is 11.6 Å². The number of aliphatic hydroxyl groups is 1. The number of amides is 1. The minimum Gasteiger partial charge on any atom is -0.393 e. The average molecular weight is 356 g/mol. The number of benzene rings is 1. The van der Waals surface area contributed by atoms with Crippen molar-refractivity contribution in [3.8, 4) is 0 Å². The normalized spacial score (nSPS) is 21.9. The van der Waals surface area contributed by atoms with Crippen molar-refractivity contribution in [3.63, 3.8) is 0 Å². The van der Waals surface area contributed by atoms with Crippen LogP contribution in [0.15, 0.2) is 24.3 Å². The zero-order chi connectivity index (χ0) is 16.9. The second-order valence-corrected chi connectivity index (χ2v) is 8.72. The van der Waals surface area contributed by atoms with Gasteiger partial charge in [0, 0.05) is 23.2 Å². The van der Waals surface area contributed by atoms with Crippen molar-refractivity contribution < 1.29 is 9.90 Å². The first-order valence-corrected chi connectivity index (χ1v) is 9.60. The zero-order valence-corrected chi connectivity index (χ0v) is 15.4. The van der Waals surface area contributed by atoms with E-state index in [9.17, 15) is 9.90 Å². The van der Waals surface area contributed by atoms with E-state index in [1.165, 1.54) is 0 Å². The number of rotatable bonds is 6. The monoisotopic (exact) mass is 355 g/mol. The van der Waals surface area contributed by atoms with Gasteiger partial charge in [-0.25, -0.2) is 0 Å². The molecule has 0 heterocycles. The molecule has 0 bridgehead atoms. The van der Waals surface area contributed by atoms with Crippen LogP contribution in [0.1, 0.15) is 45.1 Å². The van der Waals surface area contributed by atoms with Crippen molar-refractivity contribution in [2.24, 2.45) is 5.92 Å². The van der Waals surface area contributed by atoms with Crippen LogP contribution in [0.3, 0.4) is 0 Å². The molecule has 1 aliphatic rings. The Bertz CT molecular complexity index is 536. The number of halogens is 1. The lowest BCUT2D eigenvalue weighted by atomic mass is 9.86. The van der Waals surface area contributed by atoms with E-state index in [2.05, 4.69) is 5.32 Å². The average Bonchev–Trinajstić information content (AvgIpc) is 2.53. The third kappa shape index (κ3) is 5.40. The molecule has 0 spiro atoms. The highest BCUT2D eigenvalue weighted by Gasteiger charge is 2.30. The van der Waals surface area contributed by atoms with Crippen LogP contribution in [0.4, 0.5) is 0 Å². The lowest BCUT2D eigenvalue weighted by molar-refractivity contribution is -0.123. The lowest BCUT2D eigenvalue weighted by Gasteiger charge is -2.29. The molecule has 1 aliphatic carbocycles. The Kier molecular flexibility index (Phi) is 6.81. The SMILES string of the molecule is CC(C)(SCc1ccccc1Cl)C(=O)NC[C@@H]1CCCC[C@H]1O. The largest absolute Gasteiger partial charge is 0.393 e. The topological polar surface area (TPSA) is 49.3 Å². The number of hydrogen-bond donors (Lipinski definition) is 2. The van der Waals surface area contributed by atoms with E-state index in [1.54, 1.807) is 11.8 Å². The van der Waals surface area contributed by atoms with Gasteiger partial charge in [-0.15, -0.1) is 11.8 Å².